The summed E-state index contributed by atoms with van der Waals surface area (Å²) in [6.07, 6.45) is 13.6. The van der Waals surface area contributed by atoms with Gasteiger partial charge in [-0.2, -0.15) is 0 Å². The Morgan fingerprint density at radius 3 is 2.24 bits per heavy atom. The Kier molecular flexibility index (Phi) is 6.34. The molecule has 0 radical (unpaired) electrons. The van der Waals surface area contributed by atoms with Crippen LogP contribution in [0.1, 0.15) is 16.8 Å². The normalized spacial score (nSPS) is 15.2. The van der Waals surface area contributed by atoms with Crippen molar-refractivity contribution in [3.63, 3.8) is 0 Å². The second-order valence-corrected chi connectivity index (χ2v) is 12.0. The highest BCUT2D eigenvalue weighted by Crippen LogP contribution is 2.42. The molecule has 0 saturated heterocycles. The monoisotopic (exact) mass is 596 g/mol. The first-order valence-electron chi connectivity index (χ1n) is 15.9. The average Bonchev–Trinajstić information content (AvgIpc) is 3.75. The van der Waals surface area contributed by atoms with Gasteiger partial charge in [-0.3, -0.25) is 0 Å². The molecule has 6 aromatic rings. The lowest BCUT2D eigenvalue weighted by atomic mass is 9.96. The van der Waals surface area contributed by atoms with Gasteiger partial charge in [0.25, 0.3) is 0 Å². The van der Waals surface area contributed by atoms with E-state index in [4.69, 9.17) is 9.72 Å². The number of rotatable bonds is 5. The number of pyridine rings is 1. The highest BCUT2D eigenvalue weighted by molar-refractivity contribution is 6.13. The molecule has 0 aliphatic carbocycles. The number of nitrogens with one attached hydrogen (secondary N) is 2. The molecule has 2 aromatic heterocycles. The number of dihydropyridines is 2. The summed E-state index contributed by atoms with van der Waals surface area (Å²) in [7, 11) is 0. The third-order valence-corrected chi connectivity index (χ3v) is 9.20. The molecule has 2 N–H and O–H groups in total. The molecule has 5 heterocycles. The Morgan fingerprint density at radius 2 is 1.41 bits per heavy atom. The van der Waals surface area contributed by atoms with Crippen molar-refractivity contribution in [2.24, 2.45) is 0 Å². The number of para-hydroxylation sites is 1. The lowest BCUT2D eigenvalue weighted by molar-refractivity contribution is 0.360. The van der Waals surface area contributed by atoms with Crippen LogP contribution in [0.4, 0.5) is 0 Å². The quantitative estimate of drug-likeness (QED) is 0.210. The smallest absolute Gasteiger partial charge is 0.132 e. The van der Waals surface area contributed by atoms with E-state index in [0.717, 1.165) is 76.7 Å². The maximum absolute atomic E-state index is 6.18. The molecule has 0 spiro atoms. The number of fused-ring (bicyclic) bond motifs is 5. The lowest BCUT2D eigenvalue weighted by Crippen LogP contribution is -2.09. The van der Waals surface area contributed by atoms with Crippen molar-refractivity contribution in [2.45, 2.75) is 6.42 Å². The van der Waals surface area contributed by atoms with Gasteiger partial charge >= 0.3 is 0 Å². The molecule has 0 bridgehead atoms. The van der Waals surface area contributed by atoms with E-state index in [1.807, 2.05) is 12.4 Å². The molecular weight excluding hydrogens is 564 g/mol. The van der Waals surface area contributed by atoms with Gasteiger partial charge in [0.15, 0.2) is 0 Å². The lowest BCUT2D eigenvalue weighted by Gasteiger charge is -2.15. The van der Waals surface area contributed by atoms with E-state index in [-0.39, 0.29) is 0 Å². The Bertz CT molecular complexity index is 2280. The fraction of sp³-hybridized carbons (Fsp3) is 0.0976. The molecule has 3 aliphatic heterocycles. The Morgan fingerprint density at radius 1 is 0.630 bits per heavy atom. The van der Waals surface area contributed by atoms with Gasteiger partial charge in [0, 0.05) is 36.1 Å². The minimum Gasteiger partial charge on any atom is -0.492 e. The van der Waals surface area contributed by atoms with Gasteiger partial charge < -0.3 is 19.9 Å². The van der Waals surface area contributed by atoms with E-state index in [2.05, 4.69) is 137 Å². The van der Waals surface area contributed by atoms with Gasteiger partial charge in [-0.05, 0) is 94.4 Å². The van der Waals surface area contributed by atoms with Gasteiger partial charge in [0.2, 0.25) is 0 Å². The highest BCUT2D eigenvalue weighted by atomic mass is 16.5. The second-order valence-electron chi connectivity index (χ2n) is 12.0. The number of aromatic nitrogens is 2. The number of benzene rings is 4. The summed E-state index contributed by atoms with van der Waals surface area (Å²) < 4.78 is 8.54. The van der Waals surface area contributed by atoms with Crippen LogP contribution in [0.5, 0.6) is 5.75 Å². The fourth-order valence-corrected chi connectivity index (χ4v) is 6.94. The molecule has 5 nitrogen and oxygen atoms in total. The molecule has 222 valence electrons. The predicted octanol–water partition coefficient (Wildman–Crippen LogP) is 8.45. The maximum Gasteiger partial charge on any atom is 0.132 e. The molecule has 5 heteroatoms. The Hall–Kier alpha value is -5.81. The third-order valence-electron chi connectivity index (χ3n) is 9.20. The first-order valence-corrected chi connectivity index (χ1v) is 15.9. The van der Waals surface area contributed by atoms with Gasteiger partial charge in [0.05, 0.1) is 34.4 Å². The molecule has 46 heavy (non-hydrogen) atoms. The van der Waals surface area contributed by atoms with Gasteiger partial charge in [-0.25, -0.2) is 4.98 Å². The number of allylic oxidation sites excluding steroid dienone is 4. The fourth-order valence-electron chi connectivity index (χ4n) is 6.94. The van der Waals surface area contributed by atoms with Crippen LogP contribution in [0.25, 0.3) is 61.0 Å². The van der Waals surface area contributed by atoms with Crippen molar-refractivity contribution in [1.82, 2.24) is 20.2 Å². The topological polar surface area (TPSA) is 51.1 Å². The van der Waals surface area contributed by atoms with Crippen LogP contribution in [0.3, 0.4) is 0 Å². The number of hydrogen-bond acceptors (Lipinski definition) is 4. The van der Waals surface area contributed by atoms with Gasteiger partial charge in [-0.15, -0.1) is 0 Å². The van der Waals surface area contributed by atoms with Crippen molar-refractivity contribution >= 4 is 33.0 Å². The first kappa shape index (κ1) is 26.6. The van der Waals surface area contributed by atoms with Gasteiger partial charge in [-0.1, -0.05) is 72.8 Å². The standard InChI is InChI=1S/C41H32N4O/c1-2-7-38-35(6-1)40-39(13-12-31-18-23-46-41(31)40)45(38)34-5-3-4-32(24-34)37-26-33(25-36(44-37)30-16-21-43-22-17-30)28-10-8-27(9-11-28)29-14-19-42-20-15-29/h1-17,19,21,24-26,42-43H,18,20,22-23H2. The van der Waals surface area contributed by atoms with Crippen molar-refractivity contribution in [3.05, 3.63) is 151 Å². The van der Waals surface area contributed by atoms with E-state index in [1.165, 1.54) is 33.0 Å². The molecule has 4 aromatic carbocycles. The maximum atomic E-state index is 6.18. The van der Waals surface area contributed by atoms with E-state index < -0.39 is 0 Å². The molecule has 0 fully saturated rings. The number of nitrogens with zero attached hydrogens (tertiary/aromatic N) is 2. The van der Waals surface area contributed by atoms with Crippen molar-refractivity contribution in [1.29, 1.82) is 0 Å². The van der Waals surface area contributed by atoms with Crippen LogP contribution in [-0.2, 0) is 6.42 Å². The zero-order valence-electron chi connectivity index (χ0n) is 25.3. The average molecular weight is 597 g/mol. The van der Waals surface area contributed by atoms with Crippen molar-refractivity contribution in [2.75, 3.05) is 19.7 Å². The summed E-state index contributed by atoms with van der Waals surface area (Å²) in [5, 5.41) is 8.92. The van der Waals surface area contributed by atoms with Crippen molar-refractivity contribution in [3.8, 4) is 33.8 Å². The minimum atomic E-state index is 0.741. The van der Waals surface area contributed by atoms with Crippen molar-refractivity contribution < 1.29 is 4.74 Å². The zero-order chi connectivity index (χ0) is 30.5. The molecule has 0 amide bonds. The molecule has 0 unspecified atom stereocenters. The molecule has 0 saturated carbocycles. The van der Waals surface area contributed by atoms with Crippen LogP contribution >= 0.6 is 0 Å². The van der Waals surface area contributed by atoms with Crippen LogP contribution < -0.4 is 15.4 Å². The van der Waals surface area contributed by atoms with Crippen LogP contribution in [0, 0.1) is 0 Å². The second kappa shape index (κ2) is 11.0. The van der Waals surface area contributed by atoms with E-state index in [0.29, 0.717) is 0 Å². The summed E-state index contributed by atoms with van der Waals surface area (Å²) in [5.41, 5.74) is 13.6. The molecule has 0 atom stereocenters. The summed E-state index contributed by atoms with van der Waals surface area (Å²) in [6, 6.07) is 35.2. The largest absolute Gasteiger partial charge is 0.492 e. The molecule has 3 aliphatic rings. The minimum absolute atomic E-state index is 0.741. The Balaban J connectivity index is 1.18. The van der Waals surface area contributed by atoms with Crippen LogP contribution in [-0.4, -0.2) is 29.2 Å². The summed E-state index contributed by atoms with van der Waals surface area (Å²) in [6.45, 7) is 2.38. The van der Waals surface area contributed by atoms with Crippen LogP contribution in [0.15, 0.2) is 134 Å². The SMILES string of the molecule is C1=CC(c2ccc(-c3cc(C4=CCNC=C4)nc(-c4cccc(-n5c6ccccc6c6c7c(ccc65)CCO7)c4)c3)cc2)=CCN1. The Labute approximate surface area is 267 Å². The van der Waals surface area contributed by atoms with Crippen LogP contribution in [0.2, 0.25) is 0 Å². The molecule has 9 rings (SSSR count). The first-order chi connectivity index (χ1) is 22.8. The summed E-state index contributed by atoms with van der Waals surface area (Å²) >= 11 is 0. The van der Waals surface area contributed by atoms with Gasteiger partial charge in [0.1, 0.15) is 5.75 Å². The molecular formula is C41H32N4O. The predicted molar refractivity (Wildman–Crippen MR) is 189 cm³/mol. The zero-order valence-corrected chi connectivity index (χ0v) is 25.3. The summed E-state index contributed by atoms with van der Waals surface area (Å²) in [4.78, 5) is 5.24. The van der Waals surface area contributed by atoms with E-state index >= 15 is 0 Å². The van der Waals surface area contributed by atoms with E-state index in [9.17, 15) is 0 Å². The number of ether oxygens (including phenoxy) is 1. The highest BCUT2D eigenvalue weighted by Gasteiger charge is 2.22. The summed E-state index contributed by atoms with van der Waals surface area (Å²) in [5.74, 6) is 1.03. The number of hydrogen-bond donors (Lipinski definition) is 2. The third kappa shape index (κ3) is 4.51. The van der Waals surface area contributed by atoms with E-state index in [1.54, 1.807) is 0 Å².